The van der Waals surface area contributed by atoms with E-state index in [1.807, 2.05) is 17.7 Å². The van der Waals surface area contributed by atoms with Crippen LogP contribution in [0.3, 0.4) is 0 Å². The van der Waals surface area contributed by atoms with Crippen molar-refractivity contribution >= 4 is 10.0 Å². The molecule has 1 aromatic carbocycles. The zero-order valence-corrected chi connectivity index (χ0v) is 12.9. The summed E-state index contributed by atoms with van der Waals surface area (Å²) in [6.07, 6.45) is 2.41. The summed E-state index contributed by atoms with van der Waals surface area (Å²) in [5, 5.41) is 4.15. The molecule has 0 saturated heterocycles. The Hall–Kier alpha value is -1.86. The molecule has 2 aromatic rings. The van der Waals surface area contributed by atoms with Gasteiger partial charge in [-0.2, -0.15) is 5.10 Å². The maximum Gasteiger partial charge on any atom is 0.240 e. The number of ether oxygens (including phenoxy) is 1. The van der Waals surface area contributed by atoms with Crippen molar-refractivity contribution in [1.29, 1.82) is 0 Å². The third kappa shape index (κ3) is 4.05. The molecule has 1 N–H and O–H groups in total. The van der Waals surface area contributed by atoms with Crippen molar-refractivity contribution in [1.82, 2.24) is 14.5 Å². The van der Waals surface area contributed by atoms with Crippen LogP contribution in [0.4, 0.5) is 0 Å². The van der Waals surface area contributed by atoms with Crippen LogP contribution in [0.25, 0.3) is 0 Å². The molecule has 0 fully saturated rings. The predicted octanol–water partition coefficient (Wildman–Crippen LogP) is 1.57. The highest BCUT2D eigenvalue weighted by molar-refractivity contribution is 7.89. The summed E-state index contributed by atoms with van der Waals surface area (Å²) in [6, 6.07) is 8.22. The number of rotatable bonds is 7. The van der Waals surface area contributed by atoms with Crippen molar-refractivity contribution in [3.63, 3.8) is 0 Å². The van der Waals surface area contributed by atoms with E-state index < -0.39 is 10.0 Å². The number of hydrogen-bond acceptors (Lipinski definition) is 4. The van der Waals surface area contributed by atoms with E-state index in [0.29, 0.717) is 25.3 Å². The van der Waals surface area contributed by atoms with Crippen LogP contribution in [-0.2, 0) is 16.6 Å². The Bertz CT molecular complexity index is 678. The van der Waals surface area contributed by atoms with Gasteiger partial charge in [0.15, 0.2) is 0 Å². The maximum absolute atomic E-state index is 12.1. The number of benzene rings is 1. The van der Waals surface area contributed by atoms with Crippen molar-refractivity contribution in [3.05, 3.63) is 42.2 Å². The van der Waals surface area contributed by atoms with Gasteiger partial charge in [0, 0.05) is 25.0 Å². The van der Waals surface area contributed by atoms with Crippen LogP contribution in [-0.4, -0.2) is 31.9 Å². The van der Waals surface area contributed by atoms with Crippen LogP contribution in [0.15, 0.2) is 41.4 Å². The van der Waals surface area contributed by atoms with E-state index in [0.717, 1.165) is 5.69 Å². The zero-order valence-electron chi connectivity index (χ0n) is 12.1. The Morgan fingerprint density at radius 3 is 2.52 bits per heavy atom. The van der Waals surface area contributed by atoms with E-state index in [4.69, 9.17) is 4.74 Å². The van der Waals surface area contributed by atoms with E-state index in [1.54, 1.807) is 25.4 Å². The first-order valence-corrected chi connectivity index (χ1v) is 8.13. The molecule has 0 aliphatic heterocycles. The minimum absolute atomic E-state index is 0.235. The third-order valence-corrected chi connectivity index (χ3v) is 4.61. The Labute approximate surface area is 124 Å². The quantitative estimate of drug-likeness (QED) is 0.788. The summed E-state index contributed by atoms with van der Waals surface area (Å²) in [4.78, 5) is 0.235. The Kier molecular flexibility index (Phi) is 4.98. The van der Waals surface area contributed by atoms with Gasteiger partial charge in [0.25, 0.3) is 0 Å². The number of nitrogens with zero attached hydrogens (tertiary/aromatic N) is 2. The molecule has 7 heteroatoms. The standard InChI is InChI=1S/C14H19N3O3S/c1-12-8-10-15-17(12)11-3-9-16-21(18,19)14-6-4-13(20-2)5-7-14/h4-8,10,16H,3,9,11H2,1-2H3. The molecule has 0 saturated carbocycles. The highest BCUT2D eigenvalue weighted by atomic mass is 32.2. The fraction of sp³-hybridized carbons (Fsp3) is 0.357. The molecule has 0 aliphatic carbocycles. The Balaban J connectivity index is 1.87. The van der Waals surface area contributed by atoms with Crippen LogP contribution < -0.4 is 9.46 Å². The van der Waals surface area contributed by atoms with Crippen molar-refractivity contribution in [2.75, 3.05) is 13.7 Å². The monoisotopic (exact) mass is 309 g/mol. The first-order valence-electron chi connectivity index (χ1n) is 6.65. The summed E-state index contributed by atoms with van der Waals surface area (Å²) in [5.74, 6) is 0.628. The zero-order chi connectivity index (χ0) is 15.3. The highest BCUT2D eigenvalue weighted by Gasteiger charge is 2.13. The summed E-state index contributed by atoms with van der Waals surface area (Å²) < 4.78 is 33.6. The van der Waals surface area contributed by atoms with Crippen molar-refractivity contribution < 1.29 is 13.2 Å². The summed E-state index contributed by atoms with van der Waals surface area (Å²) in [7, 11) is -1.93. The van der Waals surface area contributed by atoms with E-state index in [-0.39, 0.29) is 4.90 Å². The molecule has 2 rings (SSSR count). The van der Waals surface area contributed by atoms with Crippen LogP contribution in [0.5, 0.6) is 5.75 Å². The lowest BCUT2D eigenvalue weighted by molar-refractivity contribution is 0.414. The van der Waals surface area contributed by atoms with E-state index in [2.05, 4.69) is 9.82 Å². The molecule has 21 heavy (non-hydrogen) atoms. The molecule has 0 unspecified atom stereocenters. The minimum atomic E-state index is -3.47. The first kappa shape index (κ1) is 15.5. The normalized spacial score (nSPS) is 11.5. The van der Waals surface area contributed by atoms with Gasteiger partial charge in [0.2, 0.25) is 10.0 Å². The summed E-state index contributed by atoms with van der Waals surface area (Å²) in [5.41, 5.74) is 1.06. The fourth-order valence-electron chi connectivity index (χ4n) is 1.91. The Morgan fingerprint density at radius 2 is 1.95 bits per heavy atom. The summed E-state index contributed by atoms with van der Waals surface area (Å²) >= 11 is 0. The van der Waals surface area contributed by atoms with Crippen LogP contribution in [0, 0.1) is 6.92 Å². The van der Waals surface area contributed by atoms with E-state index in [9.17, 15) is 8.42 Å². The number of aromatic nitrogens is 2. The second-order valence-corrected chi connectivity index (χ2v) is 6.39. The largest absolute Gasteiger partial charge is 0.497 e. The van der Waals surface area contributed by atoms with Crippen molar-refractivity contribution in [3.8, 4) is 5.75 Å². The number of methoxy groups -OCH3 is 1. The van der Waals surface area contributed by atoms with Gasteiger partial charge in [0.05, 0.1) is 12.0 Å². The van der Waals surface area contributed by atoms with Gasteiger partial charge < -0.3 is 4.74 Å². The number of hydrogen-bond donors (Lipinski definition) is 1. The summed E-state index contributed by atoms with van der Waals surface area (Å²) in [6.45, 7) is 3.02. The lowest BCUT2D eigenvalue weighted by atomic mass is 10.3. The lowest BCUT2D eigenvalue weighted by Crippen LogP contribution is -2.25. The number of nitrogens with one attached hydrogen (secondary N) is 1. The molecule has 0 amide bonds. The molecule has 0 bridgehead atoms. The first-order chi connectivity index (χ1) is 10.0. The molecule has 0 radical (unpaired) electrons. The lowest BCUT2D eigenvalue weighted by Gasteiger charge is -2.08. The topological polar surface area (TPSA) is 73.2 Å². The third-order valence-electron chi connectivity index (χ3n) is 3.14. The average molecular weight is 309 g/mol. The van der Waals surface area contributed by atoms with Gasteiger partial charge in [0.1, 0.15) is 5.75 Å². The second kappa shape index (κ2) is 6.73. The average Bonchev–Trinajstić information content (AvgIpc) is 2.89. The van der Waals surface area contributed by atoms with E-state index >= 15 is 0 Å². The van der Waals surface area contributed by atoms with Crippen LogP contribution >= 0.6 is 0 Å². The van der Waals surface area contributed by atoms with Gasteiger partial charge in [-0.3, -0.25) is 4.68 Å². The fourth-order valence-corrected chi connectivity index (χ4v) is 2.98. The predicted molar refractivity (Wildman–Crippen MR) is 79.8 cm³/mol. The van der Waals surface area contributed by atoms with Crippen molar-refractivity contribution in [2.24, 2.45) is 0 Å². The van der Waals surface area contributed by atoms with Gasteiger partial charge in [-0.25, -0.2) is 13.1 Å². The molecular formula is C14H19N3O3S. The number of sulfonamides is 1. The smallest absolute Gasteiger partial charge is 0.240 e. The molecule has 6 nitrogen and oxygen atoms in total. The maximum atomic E-state index is 12.1. The molecule has 1 heterocycles. The van der Waals surface area contributed by atoms with Gasteiger partial charge >= 0.3 is 0 Å². The molecule has 0 spiro atoms. The molecule has 0 atom stereocenters. The van der Waals surface area contributed by atoms with Gasteiger partial charge in [-0.15, -0.1) is 0 Å². The van der Waals surface area contributed by atoms with Gasteiger partial charge in [-0.05, 0) is 43.7 Å². The second-order valence-electron chi connectivity index (χ2n) is 4.62. The number of aryl methyl sites for hydroxylation is 2. The van der Waals surface area contributed by atoms with Crippen LogP contribution in [0.2, 0.25) is 0 Å². The molecule has 114 valence electrons. The van der Waals surface area contributed by atoms with Crippen LogP contribution in [0.1, 0.15) is 12.1 Å². The SMILES string of the molecule is COc1ccc(S(=O)(=O)NCCCn2nccc2C)cc1. The molecule has 0 aliphatic rings. The van der Waals surface area contributed by atoms with E-state index in [1.165, 1.54) is 12.1 Å². The molecule has 1 aromatic heterocycles. The van der Waals surface area contributed by atoms with Gasteiger partial charge in [-0.1, -0.05) is 0 Å². The van der Waals surface area contributed by atoms with Crippen molar-refractivity contribution in [2.45, 2.75) is 24.8 Å². The molecular weight excluding hydrogens is 290 g/mol. The highest BCUT2D eigenvalue weighted by Crippen LogP contribution is 2.15. The minimum Gasteiger partial charge on any atom is -0.497 e. The Morgan fingerprint density at radius 1 is 1.24 bits per heavy atom.